The topological polar surface area (TPSA) is 86.3 Å². The maximum atomic E-state index is 12.4. The van der Waals surface area contributed by atoms with Gasteiger partial charge < -0.3 is 29.4 Å². The Morgan fingerprint density at radius 2 is 1.96 bits per heavy atom. The molecule has 146 valence electrons. The van der Waals surface area contributed by atoms with Crippen molar-refractivity contribution in [1.29, 1.82) is 0 Å². The predicted molar refractivity (Wildman–Crippen MR) is 101 cm³/mol. The highest BCUT2D eigenvalue weighted by Gasteiger charge is 2.27. The van der Waals surface area contributed by atoms with Crippen LogP contribution in [0.3, 0.4) is 0 Å². The largest absolute Gasteiger partial charge is 0.458 e. The highest BCUT2D eigenvalue weighted by Crippen LogP contribution is 2.42. The second-order valence-corrected chi connectivity index (χ2v) is 6.48. The zero-order valence-corrected chi connectivity index (χ0v) is 15.7. The predicted octanol–water partition coefficient (Wildman–Crippen LogP) is 2.40. The Balaban J connectivity index is 1.88. The fourth-order valence-corrected chi connectivity index (χ4v) is 3.49. The minimum absolute atomic E-state index is 0.175. The van der Waals surface area contributed by atoms with E-state index in [9.17, 15) is 9.90 Å². The van der Waals surface area contributed by atoms with Crippen molar-refractivity contribution >= 4 is 11.5 Å². The first-order valence-electron chi connectivity index (χ1n) is 8.96. The van der Waals surface area contributed by atoms with E-state index in [0.29, 0.717) is 40.6 Å². The molecule has 28 heavy (non-hydrogen) atoms. The van der Waals surface area contributed by atoms with Crippen LogP contribution in [0.5, 0.6) is 11.5 Å². The summed E-state index contributed by atoms with van der Waals surface area (Å²) >= 11 is 0. The van der Waals surface area contributed by atoms with Crippen molar-refractivity contribution in [2.24, 2.45) is 0 Å². The molecule has 7 nitrogen and oxygen atoms in total. The molecule has 0 spiro atoms. The van der Waals surface area contributed by atoms with Crippen molar-refractivity contribution in [2.75, 3.05) is 27.2 Å². The number of aliphatic hydroxyl groups is 1. The van der Waals surface area contributed by atoms with E-state index in [0.717, 1.165) is 16.7 Å². The van der Waals surface area contributed by atoms with Crippen LogP contribution in [0.2, 0.25) is 0 Å². The van der Waals surface area contributed by atoms with E-state index in [4.69, 9.17) is 18.9 Å². The Bertz CT molecular complexity index is 954. The van der Waals surface area contributed by atoms with Gasteiger partial charge in [-0.15, -0.1) is 0 Å². The van der Waals surface area contributed by atoms with E-state index in [1.54, 1.807) is 7.05 Å². The lowest BCUT2D eigenvalue weighted by Gasteiger charge is -2.23. The lowest BCUT2D eigenvalue weighted by molar-refractivity contribution is -0.116. The Morgan fingerprint density at radius 1 is 1.18 bits per heavy atom. The highest BCUT2D eigenvalue weighted by atomic mass is 16.7. The number of amides is 1. The molecule has 2 aliphatic heterocycles. The van der Waals surface area contributed by atoms with Gasteiger partial charge in [0.05, 0.1) is 6.61 Å². The van der Waals surface area contributed by atoms with Crippen molar-refractivity contribution in [3.8, 4) is 11.5 Å². The van der Waals surface area contributed by atoms with Crippen LogP contribution in [0.15, 0.2) is 58.6 Å². The third-order valence-corrected chi connectivity index (χ3v) is 4.91. The number of fused-ring (bicyclic) bond motifs is 1. The molecule has 4 rings (SSSR count). The first kappa shape index (κ1) is 18.2. The summed E-state index contributed by atoms with van der Waals surface area (Å²) in [7, 11) is 1.57. The molecular formula is C21H21NO6. The normalized spacial score (nSPS) is 19.5. The maximum Gasteiger partial charge on any atom is 0.251 e. The van der Waals surface area contributed by atoms with E-state index in [2.05, 4.69) is 5.32 Å². The second-order valence-electron chi connectivity index (χ2n) is 6.48. The Kier molecular flexibility index (Phi) is 4.83. The monoisotopic (exact) mass is 383 g/mol. The summed E-state index contributed by atoms with van der Waals surface area (Å²) < 4.78 is 21.8. The maximum absolute atomic E-state index is 12.4. The first-order chi connectivity index (χ1) is 13.6. The van der Waals surface area contributed by atoms with Crippen LogP contribution < -0.4 is 14.8 Å². The van der Waals surface area contributed by atoms with Gasteiger partial charge in [0.15, 0.2) is 17.3 Å². The average Bonchev–Trinajstić information content (AvgIpc) is 3.35. The van der Waals surface area contributed by atoms with Crippen LogP contribution in [0.4, 0.5) is 0 Å². The molecular weight excluding hydrogens is 362 g/mol. The third-order valence-electron chi connectivity index (χ3n) is 4.91. The van der Waals surface area contributed by atoms with E-state index in [1.807, 2.05) is 37.3 Å². The van der Waals surface area contributed by atoms with Gasteiger partial charge in [0.2, 0.25) is 13.6 Å². The van der Waals surface area contributed by atoms with Crippen LogP contribution in [-0.4, -0.2) is 38.3 Å². The van der Waals surface area contributed by atoms with Crippen LogP contribution in [0.1, 0.15) is 18.9 Å². The zero-order valence-electron chi connectivity index (χ0n) is 15.7. The molecule has 0 saturated heterocycles. The van der Waals surface area contributed by atoms with E-state index < -0.39 is 0 Å². The van der Waals surface area contributed by atoms with E-state index >= 15 is 0 Å². The van der Waals surface area contributed by atoms with Gasteiger partial charge in [-0.2, -0.15) is 0 Å². The quantitative estimate of drug-likeness (QED) is 0.830. The van der Waals surface area contributed by atoms with Gasteiger partial charge in [0, 0.05) is 12.6 Å². The minimum atomic E-state index is -0.282. The number of carbonyl (C=O) groups excluding carboxylic acids is 1. The summed E-state index contributed by atoms with van der Waals surface area (Å²) in [5, 5.41) is 12.8. The summed E-state index contributed by atoms with van der Waals surface area (Å²) in [6.07, 6.45) is 4.23. The molecule has 0 bridgehead atoms. The molecule has 0 atom stereocenters. The fraction of sp³-hybridized carbons (Fsp3) is 0.286. The molecule has 1 aromatic carbocycles. The average molecular weight is 383 g/mol. The number of hydrogen-bond donors (Lipinski definition) is 2. The van der Waals surface area contributed by atoms with Crippen molar-refractivity contribution in [3.63, 3.8) is 0 Å². The SMILES string of the molecule is CNC(=O)C1=CC/C(=C\C2=C(C)OCO2)C(c2ccc3c(c2)OCO3)=C1CO. The number of nitrogens with one attached hydrogen (secondary N) is 1. The molecule has 2 N–H and O–H groups in total. The molecule has 2 heterocycles. The molecule has 0 saturated carbocycles. The smallest absolute Gasteiger partial charge is 0.251 e. The molecule has 0 aromatic heterocycles. The van der Waals surface area contributed by atoms with Crippen LogP contribution in [-0.2, 0) is 14.3 Å². The van der Waals surface area contributed by atoms with Gasteiger partial charge >= 0.3 is 0 Å². The first-order valence-corrected chi connectivity index (χ1v) is 8.96. The van der Waals surface area contributed by atoms with Gasteiger partial charge in [-0.1, -0.05) is 12.1 Å². The van der Waals surface area contributed by atoms with Crippen molar-refractivity contribution in [2.45, 2.75) is 13.3 Å². The van der Waals surface area contributed by atoms with E-state index in [-0.39, 0.29) is 26.1 Å². The zero-order chi connectivity index (χ0) is 19.7. The summed E-state index contributed by atoms with van der Waals surface area (Å²) in [6, 6.07) is 5.59. The molecule has 7 heteroatoms. The van der Waals surface area contributed by atoms with Gasteiger partial charge in [-0.3, -0.25) is 4.79 Å². The number of carbonyl (C=O) groups is 1. The number of hydrogen-bond acceptors (Lipinski definition) is 6. The molecule has 1 aromatic rings. The third kappa shape index (κ3) is 3.14. The number of allylic oxidation sites excluding steroid dienone is 5. The van der Waals surface area contributed by atoms with Gasteiger partial charge in [-0.05, 0) is 53.8 Å². The van der Waals surface area contributed by atoms with Gasteiger partial charge in [0.1, 0.15) is 5.76 Å². The lowest BCUT2D eigenvalue weighted by atomic mass is 9.82. The number of aliphatic hydroxyl groups excluding tert-OH is 1. The summed E-state index contributed by atoms with van der Waals surface area (Å²) in [6.45, 7) is 1.91. The Morgan fingerprint density at radius 3 is 2.68 bits per heavy atom. The Labute approximate surface area is 162 Å². The number of rotatable bonds is 4. The minimum Gasteiger partial charge on any atom is -0.458 e. The van der Waals surface area contributed by atoms with E-state index in [1.165, 1.54) is 0 Å². The number of ether oxygens (including phenoxy) is 4. The van der Waals surface area contributed by atoms with Crippen LogP contribution in [0.25, 0.3) is 5.57 Å². The molecule has 1 aliphatic carbocycles. The molecule has 1 amide bonds. The van der Waals surface area contributed by atoms with Gasteiger partial charge in [0.25, 0.3) is 5.91 Å². The summed E-state index contributed by atoms with van der Waals surface area (Å²) in [5.41, 5.74) is 3.52. The molecule has 0 unspecified atom stereocenters. The van der Waals surface area contributed by atoms with Crippen molar-refractivity contribution < 1.29 is 28.8 Å². The number of likely N-dealkylation sites (N-methyl/N-ethyl adjacent to an activating group) is 1. The van der Waals surface area contributed by atoms with Crippen molar-refractivity contribution in [1.82, 2.24) is 5.32 Å². The fourth-order valence-electron chi connectivity index (χ4n) is 3.49. The van der Waals surface area contributed by atoms with Gasteiger partial charge in [-0.25, -0.2) is 0 Å². The summed E-state index contributed by atoms with van der Waals surface area (Å²) in [4.78, 5) is 12.4. The van der Waals surface area contributed by atoms with Crippen molar-refractivity contribution in [3.05, 3.63) is 64.2 Å². The van der Waals surface area contributed by atoms with Crippen LogP contribution >= 0.6 is 0 Å². The molecule has 3 aliphatic rings. The highest BCUT2D eigenvalue weighted by molar-refractivity contribution is 6.03. The van der Waals surface area contributed by atoms with Crippen LogP contribution in [0, 0.1) is 0 Å². The molecule has 0 fully saturated rings. The molecule has 0 radical (unpaired) electrons. The summed E-state index contributed by atoms with van der Waals surface area (Å²) in [5.74, 6) is 2.40. The second kappa shape index (κ2) is 7.44. The Hall–Kier alpha value is -3.19. The number of benzene rings is 1. The lowest BCUT2D eigenvalue weighted by Crippen LogP contribution is -2.24. The standard InChI is InChI=1S/C21H21NO6/c1-12-18(27-10-25-12)7-13-3-5-15(21(24)22-2)16(9-23)20(13)14-4-6-17-19(8-14)28-11-26-17/h4-8,23H,3,9-11H2,1-2H3,(H,22,24)/b13-7+.